The summed E-state index contributed by atoms with van der Waals surface area (Å²) in [6.45, 7) is 5.80. The van der Waals surface area contributed by atoms with Crippen molar-refractivity contribution in [2.75, 3.05) is 16.8 Å². The van der Waals surface area contributed by atoms with E-state index in [0.717, 1.165) is 19.1 Å². The molecule has 2 saturated carbocycles. The topological polar surface area (TPSA) is 153 Å². The van der Waals surface area contributed by atoms with Gasteiger partial charge in [-0.3, -0.25) is 19.2 Å². The predicted molar refractivity (Wildman–Crippen MR) is 150 cm³/mol. The lowest BCUT2D eigenvalue weighted by atomic mass is 9.86. The van der Waals surface area contributed by atoms with Crippen LogP contribution >= 0.6 is 0 Å². The van der Waals surface area contributed by atoms with Crippen LogP contribution in [0.4, 0.5) is 25.1 Å². The van der Waals surface area contributed by atoms with Gasteiger partial charge in [0.25, 0.3) is 12.3 Å². The van der Waals surface area contributed by atoms with E-state index in [1.807, 2.05) is 0 Å². The fraction of sp³-hybridized carbons (Fsp3) is 0.517. The first-order chi connectivity index (χ1) is 20.4. The maximum absolute atomic E-state index is 13.8. The summed E-state index contributed by atoms with van der Waals surface area (Å²) >= 11 is 0. The Kier molecular flexibility index (Phi) is 8.47. The van der Waals surface area contributed by atoms with Crippen molar-refractivity contribution in [3.63, 3.8) is 0 Å². The van der Waals surface area contributed by atoms with Gasteiger partial charge in [0.15, 0.2) is 11.4 Å². The van der Waals surface area contributed by atoms with E-state index in [0.29, 0.717) is 49.5 Å². The summed E-state index contributed by atoms with van der Waals surface area (Å²) in [5, 5.41) is 15.7. The molecule has 0 atom stereocenters. The minimum Gasteiger partial charge on any atom is -0.481 e. The lowest BCUT2D eigenvalue weighted by molar-refractivity contribution is -0.143. The van der Waals surface area contributed by atoms with E-state index in [-0.39, 0.29) is 23.3 Å². The molecule has 2 aliphatic carbocycles. The van der Waals surface area contributed by atoms with Crippen molar-refractivity contribution in [3.05, 3.63) is 42.2 Å². The molecule has 0 bridgehead atoms. The first-order valence-electron chi connectivity index (χ1n) is 14.2. The number of hydrogen-bond donors (Lipinski definition) is 2. The smallest absolute Gasteiger partial charge is 0.416 e. The van der Waals surface area contributed by atoms with Crippen molar-refractivity contribution in [3.8, 4) is 11.5 Å². The molecule has 3 aromatic heterocycles. The van der Waals surface area contributed by atoms with Crippen LogP contribution in [0.1, 0.15) is 87.9 Å². The summed E-state index contributed by atoms with van der Waals surface area (Å²) in [7, 11) is 0. The van der Waals surface area contributed by atoms with Crippen molar-refractivity contribution >= 4 is 29.5 Å². The second-order valence-corrected chi connectivity index (χ2v) is 12.0. The van der Waals surface area contributed by atoms with Crippen molar-refractivity contribution in [2.45, 2.75) is 77.4 Å². The Morgan fingerprint density at radius 2 is 1.91 bits per heavy atom. The summed E-state index contributed by atoms with van der Waals surface area (Å²) in [5.74, 6) is -1.33. The van der Waals surface area contributed by atoms with Gasteiger partial charge in [0.05, 0.1) is 17.6 Å². The lowest BCUT2D eigenvalue weighted by Crippen LogP contribution is -2.38. The average Bonchev–Trinajstić information content (AvgIpc) is 3.45. The van der Waals surface area contributed by atoms with Crippen LogP contribution in [-0.2, 0) is 9.53 Å². The quantitative estimate of drug-likeness (QED) is 0.297. The van der Waals surface area contributed by atoms with Crippen LogP contribution in [0.15, 0.2) is 35.2 Å². The van der Waals surface area contributed by atoms with Crippen LogP contribution in [-0.4, -0.2) is 55.0 Å². The lowest BCUT2D eigenvalue weighted by Gasteiger charge is -2.27. The number of carbonyl (C=O) groups is 3. The number of aromatic nitrogens is 4. The molecule has 230 valence electrons. The van der Waals surface area contributed by atoms with Crippen LogP contribution in [0.2, 0.25) is 0 Å². The van der Waals surface area contributed by atoms with E-state index >= 15 is 0 Å². The molecule has 3 aromatic rings. The molecule has 43 heavy (non-hydrogen) atoms. The first kappa shape index (κ1) is 30.1. The Balaban J connectivity index is 1.31. The standard InChI is InChI=1S/C29H34F2N6O6/c1-29(2,3)43-28(41)36(13-16-4-5-16)22-12-18(10-11-32-22)26-34-21(15-42-26)25(38)33-20-14-37(35-23(20)24(30)31)19-8-6-17(7-9-19)27(39)40/h10-12,14-17,19,24H,4-9,13H2,1-3H3,(H,33,38)(H,39,40). The monoisotopic (exact) mass is 600 g/mol. The second kappa shape index (κ2) is 12.1. The van der Waals surface area contributed by atoms with Gasteiger partial charge in [-0.15, -0.1) is 0 Å². The van der Waals surface area contributed by atoms with Crippen molar-refractivity contribution in [1.82, 2.24) is 19.7 Å². The Morgan fingerprint density at radius 1 is 1.19 bits per heavy atom. The fourth-order valence-corrected chi connectivity index (χ4v) is 4.97. The third kappa shape index (κ3) is 7.35. The minimum absolute atomic E-state index is 0.0735. The summed E-state index contributed by atoms with van der Waals surface area (Å²) in [5.41, 5.74) is -1.14. The number of anilines is 2. The number of rotatable bonds is 9. The molecule has 2 aliphatic rings. The average molecular weight is 601 g/mol. The molecule has 2 amide bonds. The van der Waals surface area contributed by atoms with Crippen LogP contribution in [0, 0.1) is 11.8 Å². The van der Waals surface area contributed by atoms with Gasteiger partial charge in [0.1, 0.15) is 17.7 Å². The predicted octanol–water partition coefficient (Wildman–Crippen LogP) is 6.09. The van der Waals surface area contributed by atoms with Gasteiger partial charge in [-0.05, 0) is 77.3 Å². The molecule has 3 heterocycles. The number of oxazole rings is 1. The molecule has 5 rings (SSSR count). The molecule has 2 fully saturated rings. The number of aliphatic carboxylic acids is 1. The summed E-state index contributed by atoms with van der Waals surface area (Å²) < 4.78 is 40.1. The Bertz CT molecular complexity index is 1490. The van der Waals surface area contributed by atoms with Crippen LogP contribution in [0.3, 0.4) is 0 Å². The number of carbonyl (C=O) groups excluding carboxylic acids is 2. The van der Waals surface area contributed by atoms with Gasteiger partial charge >= 0.3 is 12.1 Å². The molecule has 12 nitrogen and oxygen atoms in total. The number of nitrogens with zero attached hydrogens (tertiary/aromatic N) is 5. The molecule has 0 radical (unpaired) electrons. The zero-order valence-electron chi connectivity index (χ0n) is 24.1. The summed E-state index contributed by atoms with van der Waals surface area (Å²) in [6, 6.07) is 2.97. The first-order valence-corrected chi connectivity index (χ1v) is 14.2. The molecular formula is C29H34F2N6O6. The van der Waals surface area contributed by atoms with E-state index in [1.165, 1.54) is 22.0 Å². The number of pyridine rings is 1. The normalized spacial score (nSPS) is 18.8. The van der Waals surface area contributed by atoms with E-state index in [1.54, 1.807) is 32.9 Å². The Morgan fingerprint density at radius 3 is 2.53 bits per heavy atom. The molecule has 0 unspecified atom stereocenters. The summed E-state index contributed by atoms with van der Waals surface area (Å²) in [4.78, 5) is 47.2. The SMILES string of the molecule is CC(C)(C)OC(=O)N(CC1CC1)c1cc(-c2nc(C(=O)Nc3cn(C4CCC(C(=O)O)CC4)nc3C(F)F)co2)ccn1. The van der Waals surface area contributed by atoms with Crippen molar-refractivity contribution in [2.24, 2.45) is 11.8 Å². The van der Waals surface area contributed by atoms with Crippen molar-refractivity contribution < 1.29 is 37.4 Å². The molecular weight excluding hydrogens is 566 g/mol. The highest BCUT2D eigenvalue weighted by Gasteiger charge is 2.32. The van der Waals surface area contributed by atoms with Crippen molar-refractivity contribution in [1.29, 1.82) is 0 Å². The number of nitrogens with one attached hydrogen (secondary N) is 1. The Hall–Kier alpha value is -4.36. The molecule has 2 N–H and O–H groups in total. The molecule has 0 saturated heterocycles. The third-order valence-corrected chi connectivity index (χ3v) is 7.39. The number of ether oxygens (including phenoxy) is 1. The maximum atomic E-state index is 13.8. The molecule has 0 aromatic carbocycles. The fourth-order valence-electron chi connectivity index (χ4n) is 4.97. The van der Waals surface area contributed by atoms with Crippen LogP contribution in [0.25, 0.3) is 11.5 Å². The number of hydrogen-bond acceptors (Lipinski definition) is 8. The van der Waals surface area contributed by atoms with Crippen LogP contribution in [0.5, 0.6) is 0 Å². The molecule has 0 spiro atoms. The number of amides is 2. The Labute approximate surface area is 246 Å². The van der Waals surface area contributed by atoms with Crippen LogP contribution < -0.4 is 10.2 Å². The number of carboxylic acids is 1. The van der Waals surface area contributed by atoms with E-state index < -0.39 is 41.6 Å². The van der Waals surface area contributed by atoms with E-state index in [2.05, 4.69) is 20.4 Å². The largest absolute Gasteiger partial charge is 0.481 e. The van der Waals surface area contributed by atoms with E-state index in [9.17, 15) is 28.3 Å². The molecule has 14 heteroatoms. The van der Waals surface area contributed by atoms with Gasteiger partial charge in [0.2, 0.25) is 5.89 Å². The maximum Gasteiger partial charge on any atom is 0.416 e. The van der Waals surface area contributed by atoms with Gasteiger partial charge in [-0.25, -0.2) is 23.5 Å². The minimum atomic E-state index is -2.95. The molecule has 0 aliphatic heterocycles. The van der Waals surface area contributed by atoms with Gasteiger partial charge < -0.3 is 19.6 Å². The van der Waals surface area contributed by atoms with Gasteiger partial charge in [-0.2, -0.15) is 5.10 Å². The second-order valence-electron chi connectivity index (χ2n) is 12.0. The number of alkyl halides is 2. The number of carboxylic acid groups (broad SMARTS) is 1. The highest BCUT2D eigenvalue weighted by Crippen LogP contribution is 2.35. The zero-order chi connectivity index (χ0) is 30.9. The third-order valence-electron chi connectivity index (χ3n) is 7.39. The van der Waals surface area contributed by atoms with Gasteiger partial charge in [0, 0.05) is 24.5 Å². The highest BCUT2D eigenvalue weighted by molar-refractivity contribution is 6.03. The number of halogens is 2. The summed E-state index contributed by atoms with van der Waals surface area (Å²) in [6.07, 6.45) is 4.27. The van der Waals surface area contributed by atoms with E-state index in [4.69, 9.17) is 9.15 Å². The highest BCUT2D eigenvalue weighted by atomic mass is 19.3. The zero-order valence-corrected chi connectivity index (χ0v) is 24.1. The van der Waals surface area contributed by atoms with Gasteiger partial charge in [-0.1, -0.05) is 0 Å².